The van der Waals surface area contributed by atoms with E-state index in [-0.39, 0.29) is 6.10 Å². The van der Waals surface area contributed by atoms with Crippen molar-refractivity contribution < 1.29 is 19.4 Å². The lowest BCUT2D eigenvalue weighted by Crippen LogP contribution is -2.27. The summed E-state index contributed by atoms with van der Waals surface area (Å²) in [6.07, 6.45) is 5.50. The molecule has 0 heterocycles. The Labute approximate surface area is 103 Å². The Morgan fingerprint density at radius 2 is 1.88 bits per heavy atom. The van der Waals surface area contributed by atoms with Gasteiger partial charge in [0.1, 0.15) is 11.7 Å². The van der Waals surface area contributed by atoms with Crippen LogP contribution >= 0.6 is 0 Å². The van der Waals surface area contributed by atoms with Crippen molar-refractivity contribution in [2.24, 2.45) is 0 Å². The molecule has 2 atom stereocenters. The monoisotopic (exact) mass is 242 g/mol. The van der Waals surface area contributed by atoms with Gasteiger partial charge < -0.3 is 14.6 Å². The maximum absolute atomic E-state index is 11.5. The first-order valence-electron chi connectivity index (χ1n) is 6.13. The molecule has 2 unspecified atom stereocenters. The largest absolute Gasteiger partial charge is 0.509 e. The molecule has 0 aromatic carbocycles. The molecule has 17 heavy (non-hydrogen) atoms. The third-order valence-electron chi connectivity index (χ3n) is 2.42. The molecule has 0 spiro atoms. The first-order chi connectivity index (χ1) is 7.87. The highest BCUT2D eigenvalue weighted by Crippen LogP contribution is 2.16. The van der Waals surface area contributed by atoms with Gasteiger partial charge in [0.05, 0.1) is 6.10 Å². The van der Waals surface area contributed by atoms with Gasteiger partial charge in [0.15, 0.2) is 0 Å². The van der Waals surface area contributed by atoms with Crippen molar-refractivity contribution in [3.63, 3.8) is 0 Å². The molecule has 0 aromatic heterocycles. The van der Waals surface area contributed by atoms with Crippen LogP contribution < -0.4 is 0 Å². The van der Waals surface area contributed by atoms with Crippen LogP contribution in [-0.4, -0.2) is 29.1 Å². The normalized spacial score (nSPS) is 27.8. The molecule has 4 nitrogen and oxygen atoms in total. The standard InChI is InChI=1S/C13H22O4/c1-13(2,3)17-12(15)16-11-7-5-4-6-10(14)8-9-11/h8-11,14H,4-7H2,1-3H3/b9-8+. The number of hydrogen-bond acceptors (Lipinski definition) is 4. The molecule has 0 saturated heterocycles. The summed E-state index contributed by atoms with van der Waals surface area (Å²) >= 11 is 0. The van der Waals surface area contributed by atoms with Crippen LogP contribution in [0.1, 0.15) is 46.5 Å². The molecule has 1 N–H and O–H groups in total. The Balaban J connectivity index is 2.46. The lowest BCUT2D eigenvalue weighted by molar-refractivity contribution is -0.0204. The summed E-state index contributed by atoms with van der Waals surface area (Å²) in [5.41, 5.74) is -0.540. The lowest BCUT2D eigenvalue weighted by atomic mass is 10.0. The minimum absolute atomic E-state index is 0.292. The molecule has 0 radical (unpaired) electrons. The van der Waals surface area contributed by atoms with Crippen molar-refractivity contribution >= 4 is 6.16 Å². The summed E-state index contributed by atoms with van der Waals surface area (Å²) in [7, 11) is 0. The molecule has 1 aliphatic carbocycles. The van der Waals surface area contributed by atoms with E-state index < -0.39 is 17.9 Å². The molecule has 98 valence electrons. The Kier molecular flexibility index (Phi) is 5.00. The van der Waals surface area contributed by atoms with E-state index in [1.54, 1.807) is 32.9 Å². The Morgan fingerprint density at radius 3 is 2.53 bits per heavy atom. The van der Waals surface area contributed by atoms with Crippen LogP contribution in [0.2, 0.25) is 0 Å². The second kappa shape index (κ2) is 6.05. The fourth-order valence-corrected chi connectivity index (χ4v) is 1.64. The number of rotatable bonds is 1. The average Bonchev–Trinajstić information content (AvgIpc) is 2.14. The molecule has 0 aliphatic heterocycles. The number of carbonyl (C=O) groups is 1. The van der Waals surface area contributed by atoms with E-state index in [1.807, 2.05) is 0 Å². The topological polar surface area (TPSA) is 55.8 Å². The third kappa shape index (κ3) is 6.31. The van der Waals surface area contributed by atoms with Crippen LogP contribution in [0.5, 0.6) is 0 Å². The zero-order chi connectivity index (χ0) is 12.9. The van der Waals surface area contributed by atoms with Crippen molar-refractivity contribution in [1.82, 2.24) is 0 Å². The summed E-state index contributed by atoms with van der Waals surface area (Å²) < 4.78 is 10.3. The van der Waals surface area contributed by atoms with Crippen molar-refractivity contribution in [2.45, 2.75) is 64.3 Å². The lowest BCUT2D eigenvalue weighted by Gasteiger charge is -2.22. The molecule has 1 rings (SSSR count). The van der Waals surface area contributed by atoms with E-state index in [2.05, 4.69) is 0 Å². The van der Waals surface area contributed by atoms with Gasteiger partial charge in [0.2, 0.25) is 0 Å². The van der Waals surface area contributed by atoms with Gasteiger partial charge in [0.25, 0.3) is 0 Å². The molecule has 0 fully saturated rings. The maximum atomic E-state index is 11.5. The smallest absolute Gasteiger partial charge is 0.429 e. The number of carbonyl (C=O) groups excluding carboxylic acids is 1. The van der Waals surface area contributed by atoms with Gasteiger partial charge >= 0.3 is 6.16 Å². The highest BCUT2D eigenvalue weighted by molar-refractivity contribution is 5.61. The van der Waals surface area contributed by atoms with Crippen molar-refractivity contribution in [1.29, 1.82) is 0 Å². The predicted molar refractivity (Wildman–Crippen MR) is 64.7 cm³/mol. The third-order valence-corrected chi connectivity index (χ3v) is 2.42. The SMILES string of the molecule is CC(C)(C)OC(=O)OC1/C=C/C(O)CCCC1. The Hall–Kier alpha value is -1.03. The van der Waals surface area contributed by atoms with Gasteiger partial charge in [-0.25, -0.2) is 4.79 Å². The number of aliphatic hydroxyl groups excluding tert-OH is 1. The minimum Gasteiger partial charge on any atom is -0.429 e. The summed E-state index contributed by atoms with van der Waals surface area (Å²) in [5.74, 6) is 0. The Morgan fingerprint density at radius 1 is 1.24 bits per heavy atom. The first kappa shape index (κ1) is 14.0. The fraction of sp³-hybridized carbons (Fsp3) is 0.769. The molecule has 0 amide bonds. The second-order valence-corrected chi connectivity index (χ2v) is 5.36. The Bertz CT molecular complexity index is 278. The van der Waals surface area contributed by atoms with E-state index in [0.717, 1.165) is 25.7 Å². The van der Waals surface area contributed by atoms with Crippen LogP contribution in [-0.2, 0) is 9.47 Å². The van der Waals surface area contributed by atoms with Gasteiger partial charge in [-0.05, 0) is 46.1 Å². The first-order valence-corrected chi connectivity index (χ1v) is 6.13. The van der Waals surface area contributed by atoms with E-state index in [4.69, 9.17) is 9.47 Å². The molecular formula is C13H22O4. The van der Waals surface area contributed by atoms with Gasteiger partial charge in [-0.3, -0.25) is 0 Å². The summed E-state index contributed by atoms with van der Waals surface area (Å²) in [4.78, 5) is 11.5. The quantitative estimate of drug-likeness (QED) is 0.567. The maximum Gasteiger partial charge on any atom is 0.509 e. The van der Waals surface area contributed by atoms with Crippen LogP contribution in [0.15, 0.2) is 12.2 Å². The summed E-state index contributed by atoms with van der Waals surface area (Å²) in [6.45, 7) is 5.39. The zero-order valence-electron chi connectivity index (χ0n) is 10.8. The molecule has 0 bridgehead atoms. The van der Waals surface area contributed by atoms with Crippen molar-refractivity contribution in [2.75, 3.05) is 0 Å². The van der Waals surface area contributed by atoms with Crippen molar-refractivity contribution in [3.05, 3.63) is 12.2 Å². The average molecular weight is 242 g/mol. The van der Waals surface area contributed by atoms with Crippen molar-refractivity contribution in [3.8, 4) is 0 Å². The van der Waals surface area contributed by atoms with Crippen LogP contribution in [0.25, 0.3) is 0 Å². The summed E-state index contributed by atoms with van der Waals surface area (Å²) in [5, 5.41) is 9.49. The van der Waals surface area contributed by atoms with Crippen LogP contribution in [0.4, 0.5) is 4.79 Å². The summed E-state index contributed by atoms with van der Waals surface area (Å²) in [6, 6.07) is 0. The minimum atomic E-state index is -0.651. The second-order valence-electron chi connectivity index (χ2n) is 5.36. The van der Waals surface area contributed by atoms with E-state index >= 15 is 0 Å². The zero-order valence-corrected chi connectivity index (χ0v) is 10.8. The van der Waals surface area contributed by atoms with Gasteiger partial charge in [-0.1, -0.05) is 12.5 Å². The molecular weight excluding hydrogens is 220 g/mol. The molecule has 1 aliphatic rings. The number of aliphatic hydroxyl groups is 1. The molecule has 4 heteroatoms. The highest BCUT2D eigenvalue weighted by Gasteiger charge is 2.21. The van der Waals surface area contributed by atoms with Gasteiger partial charge in [-0.15, -0.1) is 0 Å². The van der Waals surface area contributed by atoms with E-state index in [0.29, 0.717) is 0 Å². The van der Waals surface area contributed by atoms with Gasteiger partial charge in [-0.2, -0.15) is 0 Å². The van der Waals surface area contributed by atoms with E-state index in [9.17, 15) is 9.90 Å². The predicted octanol–water partition coefficient (Wildman–Crippen LogP) is 2.80. The molecule has 0 aromatic rings. The van der Waals surface area contributed by atoms with Gasteiger partial charge in [0, 0.05) is 0 Å². The highest BCUT2D eigenvalue weighted by atomic mass is 16.7. The fourth-order valence-electron chi connectivity index (χ4n) is 1.64. The number of hydrogen-bond donors (Lipinski definition) is 1. The molecule has 0 saturated carbocycles. The van der Waals surface area contributed by atoms with Crippen LogP contribution in [0, 0.1) is 0 Å². The van der Waals surface area contributed by atoms with E-state index in [1.165, 1.54) is 0 Å². The number of ether oxygens (including phenoxy) is 2. The van der Waals surface area contributed by atoms with Crippen LogP contribution in [0.3, 0.4) is 0 Å².